The molecule has 0 amide bonds. The summed E-state index contributed by atoms with van der Waals surface area (Å²) in [7, 11) is 2.50. The number of hydrogen-bond donors (Lipinski definition) is 0. The average molecular weight is 446 g/mol. The van der Waals surface area contributed by atoms with Gasteiger partial charge in [-0.15, -0.1) is 0 Å². The second-order valence-electron chi connectivity index (χ2n) is 8.56. The molecule has 32 heavy (non-hydrogen) atoms. The minimum absolute atomic E-state index is 0.0401. The second kappa shape index (κ2) is 11.4. The van der Waals surface area contributed by atoms with Crippen molar-refractivity contribution >= 4 is 20.1 Å². The average Bonchev–Trinajstić information content (AvgIpc) is 2.80. The fourth-order valence-corrected chi connectivity index (χ4v) is 6.17. The van der Waals surface area contributed by atoms with Gasteiger partial charge in [-0.2, -0.15) is 0 Å². The SMILES string of the molecule is CCCC(CC)(Pc1ccc(C)cc1C=NC)c1cc(C)ccc1OCc1ccccc1. The predicted molar refractivity (Wildman–Crippen MR) is 141 cm³/mol. The molecule has 0 aliphatic rings. The largest absolute Gasteiger partial charge is 0.489 e. The first kappa shape index (κ1) is 24.2. The van der Waals surface area contributed by atoms with Gasteiger partial charge in [-0.1, -0.05) is 94.6 Å². The molecule has 2 atom stereocenters. The number of nitrogens with zero attached hydrogens (tertiary/aromatic N) is 1. The van der Waals surface area contributed by atoms with Gasteiger partial charge in [0.2, 0.25) is 0 Å². The Kier molecular flexibility index (Phi) is 8.65. The van der Waals surface area contributed by atoms with Crippen LogP contribution < -0.4 is 10.0 Å². The molecule has 0 saturated carbocycles. The van der Waals surface area contributed by atoms with E-state index in [0.29, 0.717) is 15.2 Å². The summed E-state index contributed by atoms with van der Waals surface area (Å²) < 4.78 is 6.45. The van der Waals surface area contributed by atoms with Crippen LogP contribution in [-0.2, 0) is 11.8 Å². The van der Waals surface area contributed by atoms with Crippen LogP contribution in [0.2, 0.25) is 0 Å². The Hall–Kier alpha value is -2.44. The van der Waals surface area contributed by atoms with Gasteiger partial charge < -0.3 is 4.74 Å². The molecule has 0 spiro atoms. The summed E-state index contributed by atoms with van der Waals surface area (Å²) in [6.45, 7) is 9.53. The van der Waals surface area contributed by atoms with Crippen molar-refractivity contribution in [2.24, 2.45) is 4.99 Å². The number of ether oxygens (including phenoxy) is 1. The summed E-state index contributed by atoms with van der Waals surface area (Å²) in [6, 6.07) is 23.9. The van der Waals surface area contributed by atoms with Crippen molar-refractivity contribution < 1.29 is 4.74 Å². The van der Waals surface area contributed by atoms with Gasteiger partial charge in [0.15, 0.2) is 0 Å². The summed E-state index contributed by atoms with van der Waals surface area (Å²) >= 11 is 0. The Morgan fingerprint density at radius 3 is 2.34 bits per heavy atom. The van der Waals surface area contributed by atoms with Crippen molar-refractivity contribution in [3.05, 3.63) is 94.5 Å². The van der Waals surface area contributed by atoms with Crippen molar-refractivity contribution in [1.29, 1.82) is 0 Å². The number of aryl methyl sites for hydroxylation is 2. The van der Waals surface area contributed by atoms with Gasteiger partial charge in [0.25, 0.3) is 0 Å². The molecule has 0 aromatic heterocycles. The number of rotatable bonds is 10. The first-order valence-electron chi connectivity index (χ1n) is 11.6. The fraction of sp³-hybridized carbons (Fsp3) is 0.345. The lowest BCUT2D eigenvalue weighted by atomic mass is 9.89. The smallest absolute Gasteiger partial charge is 0.123 e. The van der Waals surface area contributed by atoms with Crippen LogP contribution in [0.15, 0.2) is 71.7 Å². The molecule has 0 bridgehead atoms. The zero-order chi connectivity index (χ0) is 23.0. The van der Waals surface area contributed by atoms with Crippen LogP contribution in [0, 0.1) is 13.8 Å². The summed E-state index contributed by atoms with van der Waals surface area (Å²) in [6.07, 6.45) is 5.34. The maximum atomic E-state index is 6.45. The highest BCUT2D eigenvalue weighted by molar-refractivity contribution is 7.48. The Labute approximate surface area is 195 Å². The quantitative estimate of drug-likeness (QED) is 0.236. The molecule has 2 nitrogen and oxygen atoms in total. The van der Waals surface area contributed by atoms with Gasteiger partial charge in [0.1, 0.15) is 12.4 Å². The lowest BCUT2D eigenvalue weighted by Crippen LogP contribution is -2.25. The molecule has 0 aliphatic carbocycles. The van der Waals surface area contributed by atoms with E-state index in [-0.39, 0.29) is 5.16 Å². The van der Waals surface area contributed by atoms with E-state index in [1.807, 2.05) is 19.3 Å². The summed E-state index contributed by atoms with van der Waals surface area (Å²) in [5.41, 5.74) is 6.33. The van der Waals surface area contributed by atoms with E-state index in [4.69, 9.17) is 4.74 Å². The van der Waals surface area contributed by atoms with Crippen molar-refractivity contribution in [3.63, 3.8) is 0 Å². The van der Waals surface area contributed by atoms with Crippen LogP contribution in [0.25, 0.3) is 0 Å². The molecule has 0 aliphatic heterocycles. The van der Waals surface area contributed by atoms with Crippen molar-refractivity contribution in [1.82, 2.24) is 0 Å². The monoisotopic (exact) mass is 445 g/mol. The predicted octanol–water partition coefficient (Wildman–Crippen LogP) is 7.34. The topological polar surface area (TPSA) is 21.6 Å². The van der Waals surface area contributed by atoms with E-state index in [2.05, 4.69) is 93.4 Å². The van der Waals surface area contributed by atoms with Crippen LogP contribution in [0.1, 0.15) is 60.9 Å². The van der Waals surface area contributed by atoms with Gasteiger partial charge in [0, 0.05) is 24.0 Å². The maximum absolute atomic E-state index is 6.45. The van der Waals surface area contributed by atoms with Gasteiger partial charge >= 0.3 is 0 Å². The molecule has 3 heteroatoms. The lowest BCUT2D eigenvalue weighted by molar-refractivity contribution is 0.298. The van der Waals surface area contributed by atoms with Gasteiger partial charge in [-0.3, -0.25) is 4.99 Å². The van der Waals surface area contributed by atoms with E-state index in [1.165, 1.54) is 33.1 Å². The maximum Gasteiger partial charge on any atom is 0.123 e. The Balaban J connectivity index is 2.04. The van der Waals surface area contributed by atoms with Crippen LogP contribution in [0.3, 0.4) is 0 Å². The first-order chi connectivity index (χ1) is 15.5. The van der Waals surface area contributed by atoms with E-state index in [0.717, 1.165) is 25.0 Å². The molecular weight excluding hydrogens is 409 g/mol. The molecule has 3 aromatic carbocycles. The highest BCUT2D eigenvalue weighted by atomic mass is 31.1. The summed E-state index contributed by atoms with van der Waals surface area (Å²) in [4.78, 5) is 4.33. The molecule has 3 rings (SSSR count). The van der Waals surface area contributed by atoms with Gasteiger partial charge in [-0.25, -0.2) is 0 Å². The van der Waals surface area contributed by atoms with E-state index in [1.54, 1.807) is 0 Å². The second-order valence-corrected chi connectivity index (χ2v) is 10.3. The Morgan fingerprint density at radius 1 is 0.938 bits per heavy atom. The zero-order valence-electron chi connectivity index (χ0n) is 20.1. The van der Waals surface area contributed by atoms with E-state index < -0.39 is 0 Å². The molecule has 2 unspecified atom stereocenters. The molecule has 0 radical (unpaired) electrons. The third-order valence-corrected chi connectivity index (χ3v) is 8.09. The van der Waals surface area contributed by atoms with Crippen LogP contribution >= 0.6 is 8.58 Å². The molecule has 3 aromatic rings. The molecular formula is C29H36NOP. The van der Waals surface area contributed by atoms with E-state index in [9.17, 15) is 0 Å². The zero-order valence-corrected chi connectivity index (χ0v) is 21.1. The Morgan fingerprint density at radius 2 is 1.66 bits per heavy atom. The minimum Gasteiger partial charge on any atom is -0.489 e. The first-order valence-corrected chi connectivity index (χ1v) is 12.6. The van der Waals surface area contributed by atoms with E-state index >= 15 is 0 Å². The highest BCUT2D eigenvalue weighted by Gasteiger charge is 2.33. The summed E-state index contributed by atoms with van der Waals surface area (Å²) in [5, 5.41) is 1.42. The fourth-order valence-electron chi connectivity index (χ4n) is 4.33. The highest BCUT2D eigenvalue weighted by Crippen LogP contribution is 2.51. The normalized spacial score (nSPS) is 13.7. The van der Waals surface area contributed by atoms with Gasteiger partial charge in [0.05, 0.1) is 0 Å². The molecule has 0 fully saturated rings. The lowest BCUT2D eigenvalue weighted by Gasteiger charge is -2.36. The Bertz CT molecular complexity index is 1040. The third-order valence-electron chi connectivity index (χ3n) is 6.02. The van der Waals surface area contributed by atoms with Crippen molar-refractivity contribution in [2.45, 2.75) is 58.7 Å². The van der Waals surface area contributed by atoms with Crippen molar-refractivity contribution in [3.8, 4) is 5.75 Å². The molecule has 0 N–H and O–H groups in total. The number of hydrogen-bond acceptors (Lipinski definition) is 2. The number of benzene rings is 3. The molecule has 0 heterocycles. The molecule has 168 valence electrons. The van der Waals surface area contributed by atoms with Crippen molar-refractivity contribution in [2.75, 3.05) is 7.05 Å². The van der Waals surface area contributed by atoms with Crippen LogP contribution in [0.4, 0.5) is 0 Å². The van der Waals surface area contributed by atoms with Crippen LogP contribution in [0.5, 0.6) is 5.75 Å². The molecule has 0 saturated heterocycles. The minimum atomic E-state index is 0.0401. The standard InChI is InChI=1S/C29H36NOP/c1-6-17-29(7-2,32-28-16-14-22(3)18-25(28)20-30-5)26-19-23(4)13-15-27(26)31-21-24-11-9-8-10-12-24/h8-16,18-20,32H,6-7,17,21H2,1-5H3. The van der Waals surface area contributed by atoms with Gasteiger partial charge in [-0.05, 0) is 55.3 Å². The number of aliphatic imine (C=N–C) groups is 1. The third kappa shape index (κ3) is 5.87. The summed E-state index contributed by atoms with van der Waals surface area (Å²) in [5.74, 6) is 1.01. The van der Waals surface area contributed by atoms with Crippen LogP contribution in [-0.4, -0.2) is 13.3 Å².